The van der Waals surface area contributed by atoms with Crippen LogP contribution in [0.1, 0.15) is 39.0 Å². The maximum absolute atomic E-state index is 14.1. The van der Waals surface area contributed by atoms with Crippen LogP contribution in [0.5, 0.6) is 0 Å². The van der Waals surface area contributed by atoms with Gasteiger partial charge in [-0.25, -0.2) is 14.1 Å². The quantitative estimate of drug-likeness (QED) is 0.299. The van der Waals surface area contributed by atoms with E-state index in [-0.39, 0.29) is 17.8 Å². The molecule has 0 spiro atoms. The van der Waals surface area contributed by atoms with Crippen molar-refractivity contribution in [3.8, 4) is 0 Å². The third-order valence-corrected chi connectivity index (χ3v) is 7.63. The number of hydrogen-bond acceptors (Lipinski definition) is 4. The second-order valence-corrected chi connectivity index (χ2v) is 9.88. The summed E-state index contributed by atoms with van der Waals surface area (Å²) in [4.78, 5) is 47.4. The molecule has 4 heterocycles. The lowest BCUT2D eigenvalue weighted by Gasteiger charge is -2.36. The Morgan fingerprint density at radius 3 is 2.55 bits per heavy atom. The molecule has 0 aliphatic carbocycles. The van der Waals surface area contributed by atoms with E-state index >= 15 is 0 Å². The highest BCUT2D eigenvalue weighted by molar-refractivity contribution is 6.24. The van der Waals surface area contributed by atoms with Crippen LogP contribution in [0.3, 0.4) is 0 Å². The molecule has 0 bridgehead atoms. The van der Waals surface area contributed by atoms with Crippen LogP contribution in [0.4, 0.5) is 14.9 Å². The average molecular weight is 535 g/mol. The van der Waals surface area contributed by atoms with Crippen LogP contribution in [0.15, 0.2) is 95.6 Å². The Morgan fingerprint density at radius 1 is 0.975 bits per heavy atom. The van der Waals surface area contributed by atoms with Gasteiger partial charge in [-0.3, -0.25) is 14.5 Å². The third kappa shape index (κ3) is 3.70. The molecule has 1 fully saturated rings. The third-order valence-electron chi connectivity index (χ3n) is 7.63. The van der Waals surface area contributed by atoms with Gasteiger partial charge in [-0.05, 0) is 53.6 Å². The molecule has 9 heteroatoms. The number of furan rings is 1. The lowest BCUT2D eigenvalue weighted by Crippen LogP contribution is -2.44. The number of benzene rings is 3. The van der Waals surface area contributed by atoms with Gasteiger partial charge < -0.3 is 14.7 Å². The number of urea groups is 1. The van der Waals surface area contributed by atoms with E-state index in [0.717, 1.165) is 27.1 Å². The first kappa shape index (κ1) is 23.9. The van der Waals surface area contributed by atoms with E-state index in [0.29, 0.717) is 17.7 Å². The summed E-state index contributed by atoms with van der Waals surface area (Å²) >= 11 is 0. The van der Waals surface area contributed by atoms with E-state index in [4.69, 9.17) is 4.42 Å². The van der Waals surface area contributed by atoms with Crippen molar-refractivity contribution in [3.05, 3.63) is 125 Å². The zero-order chi connectivity index (χ0) is 27.4. The van der Waals surface area contributed by atoms with Gasteiger partial charge in [0, 0.05) is 23.0 Å². The van der Waals surface area contributed by atoms with Gasteiger partial charge in [0.2, 0.25) is 0 Å². The van der Waals surface area contributed by atoms with Crippen LogP contribution < -0.4 is 10.2 Å². The SMILES string of the molecule is O=C(NCc1ccco1)c1ccccc1N1C(=O)[C@@H]2Cc3c([nH]c4ccccc34)[C@@H](c3ccc(F)cc3)N2C1=O. The summed E-state index contributed by atoms with van der Waals surface area (Å²) in [6.45, 7) is 0.158. The summed E-state index contributed by atoms with van der Waals surface area (Å²) in [5.41, 5.74) is 3.70. The molecule has 7 rings (SSSR count). The summed E-state index contributed by atoms with van der Waals surface area (Å²) in [6.07, 6.45) is 1.83. The van der Waals surface area contributed by atoms with Crippen molar-refractivity contribution in [2.45, 2.75) is 25.0 Å². The van der Waals surface area contributed by atoms with Crippen molar-refractivity contribution < 1.29 is 23.2 Å². The summed E-state index contributed by atoms with van der Waals surface area (Å²) in [6, 6.07) is 21.8. The molecular weight excluding hydrogens is 511 g/mol. The number of halogens is 1. The van der Waals surface area contributed by atoms with Gasteiger partial charge in [0.25, 0.3) is 11.8 Å². The topological polar surface area (TPSA) is 98.7 Å². The van der Waals surface area contributed by atoms with Crippen LogP contribution in [0.2, 0.25) is 0 Å². The molecule has 2 aliphatic rings. The molecule has 198 valence electrons. The number of nitrogens with one attached hydrogen (secondary N) is 2. The van der Waals surface area contributed by atoms with Crippen molar-refractivity contribution in [1.82, 2.24) is 15.2 Å². The van der Waals surface area contributed by atoms with E-state index in [1.54, 1.807) is 53.4 Å². The molecular formula is C31H23FN4O4. The van der Waals surface area contributed by atoms with Crippen LogP contribution in [0, 0.1) is 5.82 Å². The van der Waals surface area contributed by atoms with Gasteiger partial charge in [0.05, 0.1) is 24.1 Å². The highest BCUT2D eigenvalue weighted by Crippen LogP contribution is 2.45. The lowest BCUT2D eigenvalue weighted by atomic mass is 9.89. The van der Waals surface area contributed by atoms with E-state index in [1.807, 2.05) is 24.3 Å². The molecule has 8 nitrogen and oxygen atoms in total. The number of anilines is 1. The maximum Gasteiger partial charge on any atom is 0.332 e. The molecule has 2 atom stereocenters. The van der Waals surface area contributed by atoms with E-state index in [9.17, 15) is 18.8 Å². The minimum absolute atomic E-state index is 0.158. The monoisotopic (exact) mass is 534 g/mol. The fraction of sp³-hybridized carbons (Fsp3) is 0.129. The standard InChI is InChI=1S/C31H23FN4O4/c32-19-13-11-18(12-14-19)28-27-23(21-7-1-3-9-24(21)34-27)16-26-30(38)36(31(39)35(26)28)25-10-4-2-8-22(25)29(37)33-17-20-6-5-15-40-20/h1-15,26,28,34H,16-17H2,(H,33,37)/t26-,28+/m0/s1. The van der Waals surface area contributed by atoms with Crippen LogP contribution in [0.25, 0.3) is 10.9 Å². The van der Waals surface area contributed by atoms with Gasteiger partial charge in [-0.2, -0.15) is 0 Å². The van der Waals surface area contributed by atoms with E-state index in [1.165, 1.54) is 18.4 Å². The second kappa shape index (κ2) is 9.23. The number of fused-ring (bicyclic) bond motifs is 4. The van der Waals surface area contributed by atoms with Gasteiger partial charge >= 0.3 is 6.03 Å². The first-order valence-electron chi connectivity index (χ1n) is 12.9. The fourth-order valence-corrected chi connectivity index (χ4v) is 5.82. The molecule has 0 saturated carbocycles. The number of imide groups is 1. The number of carbonyl (C=O) groups excluding carboxylic acids is 3. The lowest BCUT2D eigenvalue weighted by molar-refractivity contribution is -0.120. The van der Waals surface area contributed by atoms with Crippen molar-refractivity contribution in [2.24, 2.45) is 0 Å². The first-order valence-corrected chi connectivity index (χ1v) is 12.9. The Labute approximate surface area is 228 Å². The Bertz CT molecular complexity index is 1780. The zero-order valence-corrected chi connectivity index (χ0v) is 21.1. The van der Waals surface area contributed by atoms with E-state index in [2.05, 4.69) is 10.3 Å². The molecule has 0 unspecified atom stereocenters. The van der Waals surface area contributed by atoms with Crippen LogP contribution in [-0.2, 0) is 17.8 Å². The maximum atomic E-state index is 14.1. The van der Waals surface area contributed by atoms with Crippen LogP contribution >= 0.6 is 0 Å². The molecule has 1 saturated heterocycles. The summed E-state index contributed by atoms with van der Waals surface area (Å²) in [7, 11) is 0. The molecule has 40 heavy (non-hydrogen) atoms. The molecule has 2 aromatic heterocycles. The van der Waals surface area contributed by atoms with Crippen LogP contribution in [-0.4, -0.2) is 33.8 Å². The first-order chi connectivity index (χ1) is 19.5. The molecule has 2 aliphatic heterocycles. The predicted molar refractivity (Wildman–Crippen MR) is 145 cm³/mol. The number of H-pyrrole nitrogens is 1. The minimum Gasteiger partial charge on any atom is -0.467 e. The zero-order valence-electron chi connectivity index (χ0n) is 21.1. The number of carbonyl (C=O) groups is 3. The Morgan fingerprint density at radius 2 is 1.75 bits per heavy atom. The van der Waals surface area contributed by atoms with E-state index < -0.39 is 35.7 Å². The number of rotatable bonds is 5. The summed E-state index contributed by atoms with van der Waals surface area (Å²) < 4.78 is 19.2. The predicted octanol–water partition coefficient (Wildman–Crippen LogP) is 5.31. The highest BCUT2D eigenvalue weighted by Gasteiger charge is 2.53. The van der Waals surface area contributed by atoms with Gasteiger partial charge in [0.1, 0.15) is 23.7 Å². The van der Waals surface area contributed by atoms with Gasteiger partial charge in [-0.15, -0.1) is 0 Å². The number of aromatic amines is 1. The van der Waals surface area contributed by atoms with Crippen molar-refractivity contribution in [2.75, 3.05) is 4.90 Å². The molecule has 0 radical (unpaired) electrons. The number of nitrogens with zero attached hydrogens (tertiary/aromatic N) is 2. The normalized spacial score (nSPS) is 18.2. The van der Waals surface area contributed by atoms with Gasteiger partial charge in [-0.1, -0.05) is 42.5 Å². The minimum atomic E-state index is -0.798. The summed E-state index contributed by atoms with van der Waals surface area (Å²) in [5, 5.41) is 3.76. The summed E-state index contributed by atoms with van der Waals surface area (Å²) in [5.74, 6) is -0.678. The molecule has 4 amide bonds. The Kier molecular flexibility index (Phi) is 5.52. The fourth-order valence-electron chi connectivity index (χ4n) is 5.82. The second-order valence-electron chi connectivity index (χ2n) is 9.88. The largest absolute Gasteiger partial charge is 0.467 e. The molecule has 2 N–H and O–H groups in total. The average Bonchev–Trinajstić information content (AvgIpc) is 3.69. The number of amides is 4. The molecule has 5 aromatic rings. The smallest absolute Gasteiger partial charge is 0.332 e. The molecule has 3 aromatic carbocycles. The van der Waals surface area contributed by atoms with Gasteiger partial charge in [0.15, 0.2) is 0 Å². The Balaban J connectivity index is 1.30. The van der Waals surface area contributed by atoms with Crippen molar-refractivity contribution in [3.63, 3.8) is 0 Å². The Hall–Kier alpha value is -5.18. The van der Waals surface area contributed by atoms with Crippen molar-refractivity contribution in [1.29, 1.82) is 0 Å². The van der Waals surface area contributed by atoms with Crippen molar-refractivity contribution >= 4 is 34.4 Å². The number of para-hydroxylation sites is 2. The number of hydrogen-bond donors (Lipinski definition) is 2. The highest BCUT2D eigenvalue weighted by atomic mass is 19.1. The number of aromatic nitrogens is 1.